The van der Waals surface area contributed by atoms with Crippen LogP contribution in [0.1, 0.15) is 11.1 Å². The fraction of sp³-hybridized carbons (Fsp3) is 0.190. The summed E-state index contributed by atoms with van der Waals surface area (Å²) < 4.78 is 0. The van der Waals surface area contributed by atoms with Crippen molar-refractivity contribution in [1.82, 2.24) is 5.32 Å². The lowest BCUT2D eigenvalue weighted by Crippen LogP contribution is -2.31. The average Bonchev–Trinajstić information content (AvgIpc) is 2.99. The van der Waals surface area contributed by atoms with E-state index >= 15 is 0 Å². The second-order valence-electron chi connectivity index (χ2n) is 6.32. The van der Waals surface area contributed by atoms with E-state index in [0.29, 0.717) is 22.2 Å². The zero-order valence-electron chi connectivity index (χ0n) is 15.4. The van der Waals surface area contributed by atoms with E-state index < -0.39 is 11.2 Å². The quantitative estimate of drug-likeness (QED) is 0.613. The van der Waals surface area contributed by atoms with Gasteiger partial charge in [0, 0.05) is 17.8 Å². The molecule has 0 unspecified atom stereocenters. The Balaban J connectivity index is 2.04. The summed E-state index contributed by atoms with van der Waals surface area (Å²) in [5.74, 6) is -0.687. The molecule has 3 rings (SSSR count). The molecule has 1 atom stereocenters. The van der Waals surface area contributed by atoms with Gasteiger partial charge in [0.05, 0.1) is 5.25 Å². The highest BCUT2D eigenvalue weighted by atomic mass is 35.5. The Hall–Kier alpha value is -2.75. The predicted molar refractivity (Wildman–Crippen MR) is 112 cm³/mol. The average molecular weight is 412 g/mol. The second kappa shape index (κ2) is 8.51. The fourth-order valence-electron chi connectivity index (χ4n) is 2.99. The van der Waals surface area contributed by atoms with E-state index in [0.717, 1.165) is 11.1 Å². The number of aryl methyl sites for hydroxylation is 1. The van der Waals surface area contributed by atoms with Gasteiger partial charge < -0.3 is 5.32 Å². The SMILES string of the molecule is CNC(=O)/C(C#N)=C1/S[C@@H](Cc2cccc(C)c2)C(=O)N1c1ccc(Cl)cc1. The van der Waals surface area contributed by atoms with Crippen molar-refractivity contribution < 1.29 is 9.59 Å². The van der Waals surface area contributed by atoms with E-state index in [1.165, 1.54) is 23.7 Å². The number of hydrogen-bond acceptors (Lipinski definition) is 4. The monoisotopic (exact) mass is 411 g/mol. The molecule has 0 bridgehead atoms. The summed E-state index contributed by atoms with van der Waals surface area (Å²) in [4.78, 5) is 26.9. The Morgan fingerprint density at radius 1 is 1.29 bits per heavy atom. The zero-order valence-corrected chi connectivity index (χ0v) is 17.0. The standard InChI is InChI=1S/C21H18ClN3O2S/c1-13-4-3-5-14(10-13)11-18-20(27)25(16-8-6-15(22)7-9-16)21(28-18)17(12-23)19(26)24-2/h3-10,18H,11H2,1-2H3,(H,24,26)/b21-17+/t18-/m0/s1. The number of likely N-dealkylation sites (N-methyl/N-ethyl adjacent to an activating group) is 1. The third kappa shape index (κ3) is 4.06. The Bertz CT molecular complexity index is 995. The first kappa shape index (κ1) is 20.0. The molecule has 0 aliphatic carbocycles. The number of thioether (sulfide) groups is 1. The van der Waals surface area contributed by atoms with Crippen molar-refractivity contribution >= 4 is 40.9 Å². The van der Waals surface area contributed by atoms with Gasteiger partial charge in [0.2, 0.25) is 5.91 Å². The molecule has 0 radical (unpaired) electrons. The summed E-state index contributed by atoms with van der Waals surface area (Å²) in [5.41, 5.74) is 2.63. The topological polar surface area (TPSA) is 73.2 Å². The molecule has 1 aliphatic heterocycles. The third-order valence-electron chi connectivity index (χ3n) is 4.32. The van der Waals surface area contributed by atoms with Gasteiger partial charge in [-0.15, -0.1) is 0 Å². The molecule has 28 heavy (non-hydrogen) atoms. The molecule has 2 amide bonds. The van der Waals surface area contributed by atoms with Crippen molar-refractivity contribution in [3.63, 3.8) is 0 Å². The number of hydrogen-bond donors (Lipinski definition) is 1. The lowest BCUT2D eigenvalue weighted by molar-refractivity contribution is -0.117. The molecule has 0 spiro atoms. The van der Waals surface area contributed by atoms with E-state index in [1.54, 1.807) is 24.3 Å². The number of carbonyl (C=O) groups excluding carboxylic acids is 2. The van der Waals surface area contributed by atoms with Crippen LogP contribution < -0.4 is 10.2 Å². The van der Waals surface area contributed by atoms with Crippen LogP contribution in [0.5, 0.6) is 0 Å². The molecular formula is C21H18ClN3O2S. The molecular weight excluding hydrogens is 394 g/mol. The van der Waals surface area contributed by atoms with Crippen molar-refractivity contribution in [3.05, 3.63) is 75.3 Å². The molecule has 0 aromatic heterocycles. The first-order chi connectivity index (χ1) is 13.4. The van der Waals surface area contributed by atoms with Crippen molar-refractivity contribution in [3.8, 4) is 6.07 Å². The first-order valence-electron chi connectivity index (χ1n) is 8.62. The van der Waals surface area contributed by atoms with Gasteiger partial charge in [0.1, 0.15) is 16.7 Å². The van der Waals surface area contributed by atoms with Crippen LogP contribution in [0.4, 0.5) is 5.69 Å². The van der Waals surface area contributed by atoms with Gasteiger partial charge in [-0.2, -0.15) is 5.26 Å². The fourth-order valence-corrected chi connectivity index (χ4v) is 4.42. The number of anilines is 1. The number of amides is 2. The molecule has 7 heteroatoms. The molecule has 142 valence electrons. The lowest BCUT2D eigenvalue weighted by Gasteiger charge is -2.18. The van der Waals surface area contributed by atoms with Crippen LogP contribution in [0, 0.1) is 18.3 Å². The molecule has 1 heterocycles. The van der Waals surface area contributed by atoms with Crippen LogP contribution in [0.2, 0.25) is 5.02 Å². The number of nitrogens with zero attached hydrogens (tertiary/aromatic N) is 2. The lowest BCUT2D eigenvalue weighted by atomic mass is 10.1. The molecule has 2 aromatic carbocycles. The summed E-state index contributed by atoms with van der Waals surface area (Å²) >= 11 is 7.21. The molecule has 0 saturated carbocycles. The van der Waals surface area contributed by atoms with Crippen molar-refractivity contribution in [2.24, 2.45) is 0 Å². The number of nitriles is 1. The summed E-state index contributed by atoms with van der Waals surface area (Å²) in [6, 6.07) is 16.7. The van der Waals surface area contributed by atoms with Gasteiger partial charge in [0.25, 0.3) is 5.91 Å². The molecule has 1 fully saturated rings. The minimum atomic E-state index is -0.520. The summed E-state index contributed by atoms with van der Waals surface area (Å²) in [6.45, 7) is 2.00. The van der Waals surface area contributed by atoms with Crippen molar-refractivity contribution in [2.45, 2.75) is 18.6 Å². The molecule has 1 saturated heterocycles. The Labute approximate surface area is 173 Å². The normalized spacial score (nSPS) is 18.0. The van der Waals surface area contributed by atoms with Crippen LogP contribution in [0.15, 0.2) is 59.1 Å². The van der Waals surface area contributed by atoms with Crippen LogP contribution in [0.3, 0.4) is 0 Å². The summed E-state index contributed by atoms with van der Waals surface area (Å²) in [7, 11) is 1.46. The number of benzene rings is 2. The Kier molecular flexibility index (Phi) is 6.08. The Morgan fingerprint density at radius 3 is 2.61 bits per heavy atom. The smallest absolute Gasteiger partial charge is 0.264 e. The van der Waals surface area contributed by atoms with Crippen LogP contribution >= 0.6 is 23.4 Å². The number of rotatable bonds is 4. The van der Waals surface area contributed by atoms with Crippen molar-refractivity contribution in [1.29, 1.82) is 5.26 Å². The highest BCUT2D eigenvalue weighted by Gasteiger charge is 2.40. The van der Waals surface area contributed by atoms with E-state index in [2.05, 4.69) is 5.32 Å². The highest BCUT2D eigenvalue weighted by molar-refractivity contribution is 8.05. The summed E-state index contributed by atoms with van der Waals surface area (Å²) in [6.07, 6.45) is 0.505. The van der Waals surface area contributed by atoms with Crippen LogP contribution in [-0.2, 0) is 16.0 Å². The maximum absolute atomic E-state index is 13.2. The molecule has 1 aliphatic rings. The maximum atomic E-state index is 13.2. The van der Waals surface area contributed by atoms with E-state index in [-0.39, 0.29) is 11.5 Å². The van der Waals surface area contributed by atoms with E-state index in [9.17, 15) is 14.9 Å². The van der Waals surface area contributed by atoms with Gasteiger partial charge in [0.15, 0.2) is 0 Å². The van der Waals surface area contributed by atoms with E-state index in [1.807, 2.05) is 37.3 Å². The Morgan fingerprint density at radius 2 is 2.00 bits per heavy atom. The van der Waals surface area contributed by atoms with Gasteiger partial charge >= 0.3 is 0 Å². The second-order valence-corrected chi connectivity index (χ2v) is 7.95. The first-order valence-corrected chi connectivity index (χ1v) is 9.88. The maximum Gasteiger partial charge on any atom is 0.264 e. The minimum absolute atomic E-state index is 0.0810. The molecule has 5 nitrogen and oxygen atoms in total. The van der Waals surface area contributed by atoms with Gasteiger partial charge in [-0.25, -0.2) is 0 Å². The third-order valence-corrected chi connectivity index (χ3v) is 5.84. The molecule has 2 aromatic rings. The number of nitrogens with one attached hydrogen (secondary N) is 1. The number of carbonyl (C=O) groups is 2. The minimum Gasteiger partial charge on any atom is -0.354 e. The largest absolute Gasteiger partial charge is 0.354 e. The highest BCUT2D eigenvalue weighted by Crippen LogP contribution is 2.42. The van der Waals surface area contributed by atoms with Crippen LogP contribution in [0.25, 0.3) is 0 Å². The van der Waals surface area contributed by atoms with Gasteiger partial charge in [-0.05, 0) is 43.2 Å². The van der Waals surface area contributed by atoms with E-state index in [4.69, 9.17) is 11.6 Å². The van der Waals surface area contributed by atoms with Crippen LogP contribution in [-0.4, -0.2) is 24.1 Å². The predicted octanol–water partition coefficient (Wildman–Crippen LogP) is 3.82. The van der Waals surface area contributed by atoms with Gasteiger partial charge in [-0.3, -0.25) is 14.5 Å². The van der Waals surface area contributed by atoms with Crippen molar-refractivity contribution in [2.75, 3.05) is 11.9 Å². The van der Waals surface area contributed by atoms with Gasteiger partial charge in [-0.1, -0.05) is 53.2 Å². The molecule has 1 N–H and O–H groups in total. The summed E-state index contributed by atoms with van der Waals surface area (Å²) in [5, 5.41) is 12.5. The number of halogens is 1. The zero-order chi connectivity index (χ0) is 20.3.